The molecular weight excluding hydrogens is 457 g/mol. The first-order chi connectivity index (χ1) is 9.20. The number of sulfonamides is 1. The van der Waals surface area contributed by atoms with E-state index in [2.05, 4.69) is 36.6 Å². The zero-order chi connectivity index (χ0) is 15.1. The predicted molar refractivity (Wildman–Crippen MR) is 86.7 cm³/mol. The van der Waals surface area contributed by atoms with Crippen molar-refractivity contribution in [1.29, 1.82) is 0 Å². The molecule has 0 radical (unpaired) electrons. The number of thiophene rings is 1. The van der Waals surface area contributed by atoms with E-state index < -0.39 is 15.8 Å². The lowest BCUT2D eigenvalue weighted by molar-refractivity contribution is 0.602. The van der Waals surface area contributed by atoms with E-state index in [1.807, 2.05) is 0 Å². The van der Waals surface area contributed by atoms with Gasteiger partial charge in [0.05, 0.1) is 19.0 Å². The number of nitrogens with one attached hydrogen (secondary N) is 1. The maximum Gasteiger partial charge on any atom is 0.271 e. The Hall–Kier alpha value is -0.150. The van der Waals surface area contributed by atoms with E-state index in [4.69, 9.17) is 11.6 Å². The van der Waals surface area contributed by atoms with Gasteiger partial charge in [-0.2, -0.15) is 0 Å². The molecule has 9 heteroatoms. The molecular formula is C11H7Br2ClFNO2S2. The minimum absolute atomic E-state index is 0.0780. The fraction of sp³-hybridized carbons (Fsp3) is 0.0909. The molecule has 0 aliphatic heterocycles. The number of benzene rings is 1. The van der Waals surface area contributed by atoms with Crippen LogP contribution in [0.25, 0.3) is 0 Å². The quantitative estimate of drug-likeness (QED) is 0.682. The Bertz CT molecular complexity index is 757. The first-order valence-corrected chi connectivity index (χ1v) is 9.40. The van der Waals surface area contributed by atoms with Gasteiger partial charge in [0.2, 0.25) is 0 Å². The zero-order valence-electron chi connectivity index (χ0n) is 9.88. The fourth-order valence-electron chi connectivity index (χ4n) is 1.41. The van der Waals surface area contributed by atoms with Crippen LogP contribution in [0.2, 0.25) is 5.02 Å². The molecule has 0 spiro atoms. The molecule has 0 fully saturated rings. The van der Waals surface area contributed by atoms with Crippen molar-refractivity contribution in [1.82, 2.24) is 0 Å². The smallest absolute Gasteiger partial charge is 0.271 e. The van der Waals surface area contributed by atoms with Crippen molar-refractivity contribution in [3.8, 4) is 0 Å². The minimum atomic E-state index is -3.76. The molecule has 2 aromatic rings. The Morgan fingerprint density at radius 3 is 2.50 bits per heavy atom. The van der Waals surface area contributed by atoms with Crippen molar-refractivity contribution >= 4 is 70.5 Å². The molecule has 0 saturated heterocycles. The Morgan fingerprint density at radius 1 is 1.30 bits per heavy atom. The van der Waals surface area contributed by atoms with Crippen LogP contribution in [-0.2, 0) is 10.0 Å². The summed E-state index contributed by atoms with van der Waals surface area (Å²) in [6.45, 7) is 1.62. The molecule has 0 aliphatic carbocycles. The van der Waals surface area contributed by atoms with Gasteiger partial charge in [-0.1, -0.05) is 11.6 Å². The molecule has 0 unspecified atom stereocenters. The van der Waals surface area contributed by atoms with Gasteiger partial charge in [-0.05, 0) is 62.5 Å². The molecule has 1 aromatic carbocycles. The highest BCUT2D eigenvalue weighted by Crippen LogP contribution is 2.36. The highest BCUT2D eigenvalue weighted by molar-refractivity contribution is 9.11. The number of hydrogen-bond acceptors (Lipinski definition) is 3. The fourth-order valence-corrected chi connectivity index (χ4v) is 5.27. The van der Waals surface area contributed by atoms with Gasteiger partial charge in [-0.3, -0.25) is 4.72 Å². The van der Waals surface area contributed by atoms with Crippen molar-refractivity contribution in [2.45, 2.75) is 11.1 Å². The highest BCUT2D eigenvalue weighted by Gasteiger charge is 2.20. The van der Waals surface area contributed by atoms with E-state index in [9.17, 15) is 12.8 Å². The van der Waals surface area contributed by atoms with Gasteiger partial charge in [-0.15, -0.1) is 11.3 Å². The van der Waals surface area contributed by atoms with Gasteiger partial charge in [0.15, 0.2) is 0 Å². The Labute approximate surface area is 141 Å². The van der Waals surface area contributed by atoms with Crippen LogP contribution in [0.3, 0.4) is 0 Å². The summed E-state index contributed by atoms with van der Waals surface area (Å²) in [6.07, 6.45) is 0. The van der Waals surface area contributed by atoms with Crippen molar-refractivity contribution < 1.29 is 12.8 Å². The molecule has 2 rings (SSSR count). The van der Waals surface area contributed by atoms with Gasteiger partial charge in [-0.25, -0.2) is 12.8 Å². The lowest BCUT2D eigenvalue weighted by Crippen LogP contribution is -2.12. The van der Waals surface area contributed by atoms with Gasteiger partial charge in [0, 0.05) is 0 Å². The number of rotatable bonds is 3. The number of halogens is 4. The third kappa shape index (κ3) is 3.36. The summed E-state index contributed by atoms with van der Waals surface area (Å²) in [5.41, 5.74) is 0.787. The molecule has 0 saturated carbocycles. The monoisotopic (exact) mass is 461 g/mol. The summed E-state index contributed by atoms with van der Waals surface area (Å²) < 4.78 is 41.0. The molecule has 0 amide bonds. The van der Waals surface area contributed by atoms with Gasteiger partial charge in [0.1, 0.15) is 10.0 Å². The standard InChI is InChI=1S/C11H7Br2ClFNO2S2/c1-5-2-8(15)6(12)3-9(5)16-20(17,18)10-4-7(14)11(13)19-10/h2-4,16H,1H3. The van der Waals surface area contributed by atoms with Crippen LogP contribution in [0.15, 0.2) is 30.7 Å². The van der Waals surface area contributed by atoms with Crippen LogP contribution in [0, 0.1) is 12.7 Å². The second-order valence-electron chi connectivity index (χ2n) is 3.87. The summed E-state index contributed by atoms with van der Waals surface area (Å²) in [7, 11) is -3.76. The molecule has 108 valence electrons. The lowest BCUT2D eigenvalue weighted by Gasteiger charge is -2.10. The number of aryl methyl sites for hydroxylation is 1. The topological polar surface area (TPSA) is 46.2 Å². The SMILES string of the molecule is Cc1cc(F)c(Br)cc1NS(=O)(=O)c1cc(Cl)c(Br)s1. The van der Waals surface area contributed by atoms with Crippen molar-refractivity contribution in [2.75, 3.05) is 4.72 Å². The third-order valence-corrected chi connectivity index (χ3v) is 7.32. The van der Waals surface area contributed by atoms with Crippen molar-refractivity contribution in [3.05, 3.63) is 42.9 Å². The second kappa shape index (κ2) is 5.92. The zero-order valence-corrected chi connectivity index (χ0v) is 15.4. The molecule has 20 heavy (non-hydrogen) atoms. The molecule has 0 bridgehead atoms. The Morgan fingerprint density at radius 2 is 1.95 bits per heavy atom. The van der Waals surface area contributed by atoms with Crippen LogP contribution in [-0.4, -0.2) is 8.42 Å². The van der Waals surface area contributed by atoms with Crippen molar-refractivity contribution in [2.24, 2.45) is 0 Å². The average molecular weight is 464 g/mol. The molecule has 1 heterocycles. The maximum atomic E-state index is 13.3. The van der Waals surface area contributed by atoms with Gasteiger partial charge in [0.25, 0.3) is 10.0 Å². The molecule has 0 aliphatic rings. The van der Waals surface area contributed by atoms with E-state index in [0.29, 0.717) is 20.1 Å². The van der Waals surface area contributed by atoms with Crippen LogP contribution in [0.5, 0.6) is 0 Å². The van der Waals surface area contributed by atoms with E-state index in [0.717, 1.165) is 11.3 Å². The summed E-state index contributed by atoms with van der Waals surface area (Å²) >= 11 is 13.0. The molecule has 0 atom stereocenters. The Balaban J connectivity index is 2.40. The summed E-state index contributed by atoms with van der Waals surface area (Å²) in [5.74, 6) is -0.452. The van der Waals surface area contributed by atoms with E-state index >= 15 is 0 Å². The number of anilines is 1. The minimum Gasteiger partial charge on any atom is -0.279 e. The third-order valence-electron chi connectivity index (χ3n) is 2.40. The van der Waals surface area contributed by atoms with Gasteiger partial charge >= 0.3 is 0 Å². The van der Waals surface area contributed by atoms with Crippen LogP contribution in [0.4, 0.5) is 10.1 Å². The summed E-state index contributed by atoms with van der Waals surface area (Å²) in [4.78, 5) is 0. The lowest BCUT2D eigenvalue weighted by atomic mass is 10.2. The molecule has 1 aromatic heterocycles. The second-order valence-corrected chi connectivity index (χ2v) is 9.41. The average Bonchev–Trinajstić information content (AvgIpc) is 2.67. The Kier molecular flexibility index (Phi) is 4.80. The summed E-state index contributed by atoms with van der Waals surface area (Å²) in [6, 6.07) is 3.98. The van der Waals surface area contributed by atoms with E-state index in [-0.39, 0.29) is 8.68 Å². The van der Waals surface area contributed by atoms with Gasteiger partial charge < -0.3 is 0 Å². The summed E-state index contributed by atoms with van der Waals surface area (Å²) in [5, 5.41) is 0.326. The van der Waals surface area contributed by atoms with Crippen molar-refractivity contribution in [3.63, 3.8) is 0 Å². The predicted octanol–water partition coefficient (Wildman–Crippen LogP) is 5.17. The maximum absolute atomic E-state index is 13.3. The highest BCUT2D eigenvalue weighted by atomic mass is 79.9. The first-order valence-electron chi connectivity index (χ1n) is 5.14. The van der Waals surface area contributed by atoms with Crippen LogP contribution in [0.1, 0.15) is 5.56 Å². The largest absolute Gasteiger partial charge is 0.279 e. The van der Waals surface area contributed by atoms with Crippen LogP contribution < -0.4 is 4.72 Å². The van der Waals surface area contributed by atoms with Crippen LogP contribution >= 0.6 is 54.8 Å². The molecule has 3 nitrogen and oxygen atoms in total. The van der Waals surface area contributed by atoms with E-state index in [1.54, 1.807) is 6.92 Å². The molecule has 1 N–H and O–H groups in total. The first kappa shape index (κ1) is 16.2. The van der Waals surface area contributed by atoms with E-state index in [1.165, 1.54) is 18.2 Å². The normalized spacial score (nSPS) is 11.7. The number of hydrogen-bond donors (Lipinski definition) is 1.